The molecule has 0 spiro atoms. The molecule has 48 valence electrons. The van der Waals surface area contributed by atoms with Gasteiger partial charge in [-0.2, -0.15) is 0 Å². The normalized spacial score (nSPS) is 9.56. The fourth-order valence-corrected chi connectivity index (χ4v) is 1.15. The number of hydrogen-bond acceptors (Lipinski definition) is 2. The smallest absolute Gasteiger partial charge is 0.119 e. The molecule has 1 rings (SSSR count). The minimum Gasteiger partial charge on any atom is -0.397 e. The van der Waals surface area contributed by atoms with Crippen LogP contribution in [-0.4, -0.2) is 4.98 Å². The Kier molecular flexibility index (Phi) is 2.29. The van der Waals surface area contributed by atoms with Gasteiger partial charge >= 0.3 is 0 Å². The third-order valence-electron chi connectivity index (χ3n) is 0.817. The summed E-state index contributed by atoms with van der Waals surface area (Å²) in [6.45, 7) is 0. The highest BCUT2D eigenvalue weighted by molar-refractivity contribution is 14.1. The van der Waals surface area contributed by atoms with E-state index < -0.39 is 0 Å². The van der Waals surface area contributed by atoms with Crippen molar-refractivity contribution < 1.29 is 0 Å². The Morgan fingerprint density at radius 1 is 1.67 bits per heavy atom. The number of halogens is 2. The lowest BCUT2D eigenvalue weighted by Crippen LogP contribution is -1.88. The molecule has 1 aromatic rings. The molecule has 9 heavy (non-hydrogen) atoms. The van der Waals surface area contributed by atoms with Gasteiger partial charge in [0, 0.05) is 3.57 Å². The Bertz CT molecular complexity index is 226. The second kappa shape index (κ2) is 2.83. The first-order chi connectivity index (χ1) is 4.20. The van der Waals surface area contributed by atoms with Crippen LogP contribution in [-0.2, 0) is 0 Å². The quantitative estimate of drug-likeness (QED) is 0.588. The molecule has 0 aromatic carbocycles. The number of hydrogen-bond donors (Lipinski definition) is 1. The molecule has 2 nitrogen and oxygen atoms in total. The van der Waals surface area contributed by atoms with Crippen LogP contribution in [0.2, 0.25) is 0 Å². The van der Waals surface area contributed by atoms with E-state index in [9.17, 15) is 0 Å². The predicted molar refractivity (Wildman–Crippen MR) is 49.1 cm³/mol. The first-order valence-electron chi connectivity index (χ1n) is 2.26. The van der Waals surface area contributed by atoms with E-state index in [2.05, 4.69) is 43.5 Å². The van der Waals surface area contributed by atoms with Crippen LogP contribution >= 0.6 is 38.5 Å². The highest BCUT2D eigenvalue weighted by atomic mass is 127. The predicted octanol–water partition coefficient (Wildman–Crippen LogP) is 2.03. The monoisotopic (exact) mass is 298 g/mol. The fraction of sp³-hybridized carbons (Fsp3) is 0. The highest BCUT2D eigenvalue weighted by Crippen LogP contribution is 2.17. The number of anilines is 1. The van der Waals surface area contributed by atoms with Crippen molar-refractivity contribution >= 4 is 44.2 Å². The summed E-state index contributed by atoms with van der Waals surface area (Å²) in [5, 5.41) is 0. The lowest BCUT2D eigenvalue weighted by atomic mass is 10.4. The van der Waals surface area contributed by atoms with Crippen LogP contribution in [0.4, 0.5) is 5.69 Å². The van der Waals surface area contributed by atoms with Crippen molar-refractivity contribution in [1.29, 1.82) is 0 Å². The molecule has 0 atom stereocenters. The average Bonchev–Trinajstić information content (AvgIpc) is 1.80. The number of nitrogens with two attached hydrogens (primary N) is 1. The van der Waals surface area contributed by atoms with Crippen LogP contribution < -0.4 is 5.73 Å². The number of aromatic nitrogens is 1. The number of nitrogen functional groups attached to an aromatic ring is 1. The molecule has 0 bridgehead atoms. The Labute approximate surface area is 75.1 Å². The SMILES string of the molecule is Nc1cnc(Br)c(I)c1. The molecule has 0 radical (unpaired) electrons. The van der Waals surface area contributed by atoms with E-state index in [1.54, 1.807) is 6.20 Å². The molecule has 1 heterocycles. The van der Waals surface area contributed by atoms with Crippen molar-refractivity contribution in [2.75, 3.05) is 5.73 Å². The van der Waals surface area contributed by atoms with Gasteiger partial charge in [-0.1, -0.05) is 0 Å². The van der Waals surface area contributed by atoms with Crippen LogP contribution in [0.25, 0.3) is 0 Å². The van der Waals surface area contributed by atoms with Crippen molar-refractivity contribution in [3.8, 4) is 0 Å². The highest BCUT2D eigenvalue weighted by Gasteiger charge is 1.94. The molecule has 0 unspecified atom stereocenters. The first kappa shape index (κ1) is 7.27. The summed E-state index contributed by atoms with van der Waals surface area (Å²) in [4.78, 5) is 3.96. The van der Waals surface area contributed by atoms with Crippen molar-refractivity contribution in [3.05, 3.63) is 20.4 Å². The molecule has 0 saturated heterocycles. The van der Waals surface area contributed by atoms with E-state index in [0.29, 0.717) is 5.69 Å². The van der Waals surface area contributed by atoms with Crippen molar-refractivity contribution in [2.24, 2.45) is 0 Å². The Morgan fingerprint density at radius 2 is 2.33 bits per heavy atom. The lowest BCUT2D eigenvalue weighted by molar-refractivity contribution is 1.26. The second-order valence-electron chi connectivity index (χ2n) is 1.54. The van der Waals surface area contributed by atoms with E-state index in [-0.39, 0.29) is 0 Å². The number of nitrogens with zero attached hydrogens (tertiary/aromatic N) is 1. The van der Waals surface area contributed by atoms with Gasteiger partial charge in [-0.25, -0.2) is 4.98 Å². The van der Waals surface area contributed by atoms with Crippen molar-refractivity contribution in [3.63, 3.8) is 0 Å². The van der Waals surface area contributed by atoms with Crippen LogP contribution in [0.15, 0.2) is 16.9 Å². The van der Waals surface area contributed by atoms with Crippen LogP contribution in [0.5, 0.6) is 0 Å². The summed E-state index contributed by atoms with van der Waals surface area (Å²) < 4.78 is 1.88. The summed E-state index contributed by atoms with van der Waals surface area (Å²) in [7, 11) is 0. The summed E-state index contributed by atoms with van der Waals surface area (Å²) in [5.74, 6) is 0. The van der Waals surface area contributed by atoms with Crippen LogP contribution in [0, 0.1) is 3.57 Å². The van der Waals surface area contributed by atoms with E-state index in [1.807, 2.05) is 6.07 Å². The maximum Gasteiger partial charge on any atom is 0.119 e. The van der Waals surface area contributed by atoms with Gasteiger partial charge in [-0.15, -0.1) is 0 Å². The zero-order chi connectivity index (χ0) is 6.85. The van der Waals surface area contributed by atoms with Gasteiger partial charge in [-0.05, 0) is 44.6 Å². The van der Waals surface area contributed by atoms with E-state index in [1.165, 1.54) is 0 Å². The van der Waals surface area contributed by atoms with Gasteiger partial charge in [0.2, 0.25) is 0 Å². The third-order valence-corrected chi connectivity index (χ3v) is 3.01. The molecule has 0 amide bonds. The molecule has 0 aliphatic rings. The number of pyridine rings is 1. The summed E-state index contributed by atoms with van der Waals surface area (Å²) >= 11 is 5.42. The minimum absolute atomic E-state index is 0.697. The summed E-state index contributed by atoms with van der Waals surface area (Å²) in [6.07, 6.45) is 1.62. The zero-order valence-corrected chi connectivity index (χ0v) is 8.18. The van der Waals surface area contributed by atoms with E-state index >= 15 is 0 Å². The zero-order valence-electron chi connectivity index (χ0n) is 4.44. The maximum absolute atomic E-state index is 5.44. The van der Waals surface area contributed by atoms with Crippen molar-refractivity contribution in [1.82, 2.24) is 4.98 Å². The Hall–Kier alpha value is 0.160. The standard InChI is InChI=1S/C5H4BrIN2/c6-5-4(7)1-3(8)2-9-5/h1-2H,8H2. The molecule has 4 heteroatoms. The average molecular weight is 299 g/mol. The third kappa shape index (κ3) is 1.79. The minimum atomic E-state index is 0.697. The van der Waals surface area contributed by atoms with Crippen molar-refractivity contribution in [2.45, 2.75) is 0 Å². The summed E-state index contributed by atoms with van der Waals surface area (Å²) in [6, 6.07) is 1.86. The van der Waals surface area contributed by atoms with Gasteiger partial charge in [0.1, 0.15) is 4.60 Å². The molecular weight excluding hydrogens is 295 g/mol. The second-order valence-corrected chi connectivity index (χ2v) is 3.45. The molecule has 1 aromatic heterocycles. The fourth-order valence-electron chi connectivity index (χ4n) is 0.436. The van der Waals surface area contributed by atoms with Crippen LogP contribution in [0.1, 0.15) is 0 Å². The Morgan fingerprint density at radius 3 is 2.78 bits per heavy atom. The van der Waals surface area contributed by atoms with Gasteiger partial charge < -0.3 is 5.73 Å². The van der Waals surface area contributed by atoms with E-state index in [0.717, 1.165) is 8.17 Å². The topological polar surface area (TPSA) is 38.9 Å². The molecule has 0 aliphatic carbocycles. The molecular formula is C5H4BrIN2. The van der Waals surface area contributed by atoms with Gasteiger partial charge in [0.25, 0.3) is 0 Å². The largest absolute Gasteiger partial charge is 0.397 e. The number of rotatable bonds is 0. The summed E-state index contributed by atoms with van der Waals surface area (Å²) in [5.41, 5.74) is 6.14. The molecule has 0 saturated carbocycles. The Balaban J connectivity index is 3.17. The van der Waals surface area contributed by atoms with Crippen LogP contribution in [0.3, 0.4) is 0 Å². The van der Waals surface area contributed by atoms with Gasteiger partial charge in [-0.3, -0.25) is 0 Å². The van der Waals surface area contributed by atoms with Gasteiger partial charge in [0.15, 0.2) is 0 Å². The molecule has 0 aliphatic heterocycles. The molecule has 2 N–H and O–H groups in total. The van der Waals surface area contributed by atoms with Gasteiger partial charge in [0.05, 0.1) is 11.9 Å². The maximum atomic E-state index is 5.44. The first-order valence-corrected chi connectivity index (χ1v) is 4.14. The van der Waals surface area contributed by atoms with E-state index in [4.69, 9.17) is 5.73 Å². The lowest BCUT2D eigenvalue weighted by Gasteiger charge is -1.94. The molecule has 0 fully saturated rings.